The number of nitrogens with two attached hydrogens (primary N) is 1. The molecular weight excluding hydrogens is 450 g/mol. The Morgan fingerprint density at radius 2 is 1.82 bits per heavy atom. The Morgan fingerprint density at radius 3 is 2.36 bits per heavy atom. The SMILES string of the molecule is CCOC(=O)CNNC(=O)C(NC(=O)C(NC(=O)c1ccc(N)c(Cl)c1)C(C)(C)C)C1CC1. The third kappa shape index (κ3) is 7.90. The molecular formula is C22H32ClN5O5. The first-order chi connectivity index (χ1) is 15.4. The number of nitrogen functional groups attached to an aromatic ring is 1. The highest BCUT2D eigenvalue weighted by Gasteiger charge is 2.41. The standard InChI is InChI=1S/C22H32ClN5O5/c1-5-33-16(29)11-25-28-20(31)17(12-6-7-12)26-21(32)18(22(2,3)4)27-19(30)13-8-9-15(24)14(23)10-13/h8-10,12,17-18,25H,5-7,11,24H2,1-4H3,(H,26,32)(H,27,30)(H,28,31). The molecule has 0 radical (unpaired) electrons. The van der Waals surface area contributed by atoms with Crippen LogP contribution in [-0.2, 0) is 19.1 Å². The van der Waals surface area contributed by atoms with Gasteiger partial charge in [-0.25, -0.2) is 5.43 Å². The average Bonchev–Trinajstić information content (AvgIpc) is 3.56. The lowest BCUT2D eigenvalue weighted by Gasteiger charge is -2.32. The summed E-state index contributed by atoms with van der Waals surface area (Å²) in [5.74, 6) is -1.99. The van der Waals surface area contributed by atoms with Crippen LogP contribution in [0.4, 0.5) is 5.69 Å². The van der Waals surface area contributed by atoms with E-state index < -0.39 is 41.2 Å². The number of amides is 3. The average molecular weight is 482 g/mol. The molecule has 182 valence electrons. The number of benzene rings is 1. The quantitative estimate of drug-likeness (QED) is 0.191. The van der Waals surface area contributed by atoms with Crippen LogP contribution in [0.2, 0.25) is 5.02 Å². The topological polar surface area (TPSA) is 152 Å². The summed E-state index contributed by atoms with van der Waals surface area (Å²) >= 11 is 6.01. The molecule has 10 nitrogen and oxygen atoms in total. The molecule has 0 aliphatic heterocycles. The van der Waals surface area contributed by atoms with Gasteiger partial charge in [-0.1, -0.05) is 32.4 Å². The molecule has 3 amide bonds. The number of anilines is 1. The molecule has 0 spiro atoms. The lowest BCUT2D eigenvalue weighted by atomic mass is 9.85. The summed E-state index contributed by atoms with van der Waals surface area (Å²) < 4.78 is 4.79. The fourth-order valence-electron chi connectivity index (χ4n) is 3.12. The van der Waals surface area contributed by atoms with E-state index in [0.717, 1.165) is 12.8 Å². The van der Waals surface area contributed by atoms with Crippen LogP contribution in [-0.4, -0.2) is 48.9 Å². The third-order valence-electron chi connectivity index (χ3n) is 5.09. The Morgan fingerprint density at radius 1 is 1.15 bits per heavy atom. The van der Waals surface area contributed by atoms with Crippen molar-refractivity contribution < 1.29 is 23.9 Å². The van der Waals surface area contributed by atoms with Crippen molar-refractivity contribution in [3.05, 3.63) is 28.8 Å². The van der Waals surface area contributed by atoms with Gasteiger partial charge >= 0.3 is 5.97 Å². The zero-order valence-corrected chi connectivity index (χ0v) is 20.0. The van der Waals surface area contributed by atoms with E-state index in [1.165, 1.54) is 18.2 Å². The molecule has 1 aromatic carbocycles. The summed E-state index contributed by atoms with van der Waals surface area (Å²) in [5.41, 5.74) is 10.6. The van der Waals surface area contributed by atoms with Crippen molar-refractivity contribution in [1.29, 1.82) is 0 Å². The van der Waals surface area contributed by atoms with Crippen molar-refractivity contribution in [1.82, 2.24) is 21.5 Å². The minimum atomic E-state index is -0.928. The Bertz CT molecular complexity index is 898. The number of hydrogen-bond donors (Lipinski definition) is 5. The maximum absolute atomic E-state index is 13.1. The zero-order valence-electron chi connectivity index (χ0n) is 19.3. The highest BCUT2D eigenvalue weighted by Crippen LogP contribution is 2.33. The van der Waals surface area contributed by atoms with Crippen molar-refractivity contribution in [3.8, 4) is 0 Å². The maximum atomic E-state index is 13.1. The van der Waals surface area contributed by atoms with Crippen molar-refractivity contribution >= 4 is 41.0 Å². The molecule has 2 rings (SSSR count). The van der Waals surface area contributed by atoms with Crippen LogP contribution in [0, 0.1) is 11.3 Å². The van der Waals surface area contributed by atoms with Gasteiger partial charge in [-0.3, -0.25) is 24.6 Å². The van der Waals surface area contributed by atoms with Gasteiger partial charge in [0.1, 0.15) is 18.6 Å². The minimum Gasteiger partial charge on any atom is -0.465 e. The van der Waals surface area contributed by atoms with E-state index in [1.54, 1.807) is 27.7 Å². The fourth-order valence-corrected chi connectivity index (χ4v) is 3.30. The van der Waals surface area contributed by atoms with Crippen LogP contribution in [0.5, 0.6) is 0 Å². The molecule has 2 atom stereocenters. The van der Waals surface area contributed by atoms with Crippen molar-refractivity contribution in [2.24, 2.45) is 11.3 Å². The molecule has 0 bridgehead atoms. The fraction of sp³-hybridized carbons (Fsp3) is 0.545. The summed E-state index contributed by atoms with van der Waals surface area (Å²) in [6.07, 6.45) is 1.57. The van der Waals surface area contributed by atoms with E-state index in [2.05, 4.69) is 21.5 Å². The van der Waals surface area contributed by atoms with Crippen LogP contribution in [0.25, 0.3) is 0 Å². The minimum absolute atomic E-state index is 0.0226. The van der Waals surface area contributed by atoms with Gasteiger partial charge in [-0.2, -0.15) is 0 Å². The number of ether oxygens (including phenoxy) is 1. The molecule has 0 saturated heterocycles. The first-order valence-electron chi connectivity index (χ1n) is 10.8. The summed E-state index contributed by atoms with van der Waals surface area (Å²) in [6, 6.07) is 2.73. The smallest absolute Gasteiger partial charge is 0.321 e. The van der Waals surface area contributed by atoms with Gasteiger partial charge in [-0.15, -0.1) is 0 Å². The van der Waals surface area contributed by atoms with Gasteiger partial charge in [0.15, 0.2) is 0 Å². The molecule has 2 unspecified atom stereocenters. The van der Waals surface area contributed by atoms with Gasteiger partial charge in [0, 0.05) is 5.56 Å². The highest BCUT2D eigenvalue weighted by molar-refractivity contribution is 6.33. The first-order valence-corrected chi connectivity index (χ1v) is 11.2. The van der Waals surface area contributed by atoms with Crippen LogP contribution in [0.1, 0.15) is 50.9 Å². The number of hydrazine groups is 1. The van der Waals surface area contributed by atoms with Gasteiger partial charge in [0.25, 0.3) is 11.8 Å². The Kier molecular flexibility index (Phi) is 9.07. The molecule has 1 saturated carbocycles. The Labute approximate surface area is 198 Å². The van der Waals surface area contributed by atoms with E-state index in [-0.39, 0.29) is 29.7 Å². The highest BCUT2D eigenvalue weighted by atomic mass is 35.5. The zero-order chi connectivity index (χ0) is 24.8. The third-order valence-corrected chi connectivity index (χ3v) is 5.42. The van der Waals surface area contributed by atoms with Gasteiger partial charge in [0.2, 0.25) is 5.91 Å². The normalized spacial score (nSPS) is 15.2. The van der Waals surface area contributed by atoms with E-state index in [9.17, 15) is 19.2 Å². The first kappa shape index (κ1) is 26.4. The maximum Gasteiger partial charge on any atom is 0.321 e. The number of carbonyl (C=O) groups is 4. The molecule has 1 aliphatic carbocycles. The number of rotatable bonds is 10. The van der Waals surface area contributed by atoms with E-state index in [1.807, 2.05) is 0 Å². The number of hydrogen-bond acceptors (Lipinski definition) is 7. The van der Waals surface area contributed by atoms with Crippen molar-refractivity contribution in [2.45, 2.75) is 52.6 Å². The molecule has 1 aliphatic rings. The van der Waals surface area contributed by atoms with Crippen molar-refractivity contribution in [3.63, 3.8) is 0 Å². The monoisotopic (exact) mass is 481 g/mol. The van der Waals surface area contributed by atoms with Gasteiger partial charge in [-0.05, 0) is 49.3 Å². The number of halogens is 1. The molecule has 11 heteroatoms. The molecule has 0 heterocycles. The number of esters is 1. The summed E-state index contributed by atoms with van der Waals surface area (Å²) in [6.45, 7) is 7.14. The molecule has 6 N–H and O–H groups in total. The number of nitrogens with one attached hydrogen (secondary N) is 4. The molecule has 0 aromatic heterocycles. The van der Waals surface area contributed by atoms with Crippen LogP contribution < -0.4 is 27.2 Å². The van der Waals surface area contributed by atoms with E-state index in [4.69, 9.17) is 22.1 Å². The van der Waals surface area contributed by atoms with Crippen LogP contribution in [0.3, 0.4) is 0 Å². The van der Waals surface area contributed by atoms with Crippen LogP contribution >= 0.6 is 11.6 Å². The summed E-state index contributed by atoms with van der Waals surface area (Å²) in [4.78, 5) is 50.0. The molecule has 1 fully saturated rings. The van der Waals surface area contributed by atoms with Gasteiger partial charge in [0.05, 0.1) is 17.3 Å². The lowest BCUT2D eigenvalue weighted by Crippen LogP contribution is -2.59. The Hall–Kier alpha value is -2.85. The lowest BCUT2D eigenvalue weighted by molar-refractivity contribution is -0.142. The van der Waals surface area contributed by atoms with Gasteiger partial charge < -0.3 is 21.1 Å². The molecule has 33 heavy (non-hydrogen) atoms. The van der Waals surface area contributed by atoms with Crippen molar-refractivity contribution in [2.75, 3.05) is 18.9 Å². The predicted octanol–water partition coefficient (Wildman–Crippen LogP) is 1.15. The second kappa shape index (κ2) is 11.3. The predicted molar refractivity (Wildman–Crippen MR) is 124 cm³/mol. The largest absolute Gasteiger partial charge is 0.465 e. The summed E-state index contributed by atoms with van der Waals surface area (Å²) in [5, 5.41) is 5.73. The Balaban J connectivity index is 2.05. The van der Waals surface area contributed by atoms with E-state index >= 15 is 0 Å². The van der Waals surface area contributed by atoms with E-state index in [0.29, 0.717) is 5.69 Å². The second-order valence-corrected chi connectivity index (χ2v) is 9.39. The van der Waals surface area contributed by atoms with Crippen LogP contribution in [0.15, 0.2) is 18.2 Å². The molecule has 1 aromatic rings. The number of carbonyl (C=O) groups excluding carboxylic acids is 4. The summed E-state index contributed by atoms with van der Waals surface area (Å²) in [7, 11) is 0. The second-order valence-electron chi connectivity index (χ2n) is 8.98.